The van der Waals surface area contributed by atoms with Gasteiger partial charge in [0, 0.05) is 0 Å². The van der Waals surface area contributed by atoms with E-state index in [1.54, 1.807) is 24.3 Å². The van der Waals surface area contributed by atoms with Gasteiger partial charge in [-0.1, -0.05) is 18.2 Å². The Balaban J connectivity index is 1.91. The minimum Gasteiger partial charge on any atom is -0.484 e. The molecule has 0 aliphatic carbocycles. The van der Waals surface area contributed by atoms with E-state index in [1.807, 2.05) is 32.9 Å². The average molecular weight is 348 g/mol. The Bertz CT molecular complexity index is 847. The number of rotatable bonds is 6. The third-order valence-corrected chi connectivity index (χ3v) is 4.72. The summed E-state index contributed by atoms with van der Waals surface area (Å²) in [6.45, 7) is 5.33. The van der Waals surface area contributed by atoms with Crippen LogP contribution in [0.4, 0.5) is 0 Å². The van der Waals surface area contributed by atoms with Crippen LogP contribution in [0.1, 0.15) is 16.7 Å². The molecular formula is C17H20N2O4S. The van der Waals surface area contributed by atoms with Gasteiger partial charge in [0.1, 0.15) is 5.75 Å². The molecule has 0 spiro atoms. The van der Waals surface area contributed by atoms with Crippen molar-refractivity contribution in [1.82, 2.24) is 10.3 Å². The van der Waals surface area contributed by atoms with Crippen molar-refractivity contribution in [2.24, 2.45) is 0 Å². The molecule has 128 valence electrons. The Morgan fingerprint density at radius 3 is 2.46 bits per heavy atom. The Labute approximate surface area is 141 Å². The summed E-state index contributed by atoms with van der Waals surface area (Å²) in [5.41, 5.74) is 4.99. The highest BCUT2D eigenvalue weighted by Gasteiger charge is 2.15. The molecule has 24 heavy (non-hydrogen) atoms. The molecule has 0 atom stereocenters. The smallest absolute Gasteiger partial charge is 0.272 e. The fourth-order valence-corrected chi connectivity index (χ4v) is 2.90. The lowest BCUT2D eigenvalue weighted by atomic mass is 10.1. The fourth-order valence-electron chi connectivity index (χ4n) is 1.95. The molecular weight excluding hydrogens is 328 g/mol. The number of amides is 1. The summed E-state index contributed by atoms with van der Waals surface area (Å²) in [5.74, 6) is -0.0499. The van der Waals surface area contributed by atoms with Crippen molar-refractivity contribution in [2.45, 2.75) is 25.7 Å². The van der Waals surface area contributed by atoms with E-state index in [-0.39, 0.29) is 11.5 Å². The maximum atomic E-state index is 12.2. The number of hydrogen-bond donors (Lipinski definition) is 2. The molecule has 0 saturated heterocycles. The SMILES string of the molecule is Cc1cccc(OCC(=O)NNS(=O)(=O)c2ccc(C)c(C)c2)c1. The summed E-state index contributed by atoms with van der Waals surface area (Å²) < 4.78 is 29.6. The van der Waals surface area contributed by atoms with Crippen LogP contribution in [0.25, 0.3) is 0 Å². The molecule has 0 unspecified atom stereocenters. The normalized spacial score (nSPS) is 11.1. The number of benzene rings is 2. The topological polar surface area (TPSA) is 84.5 Å². The van der Waals surface area contributed by atoms with Crippen LogP contribution in [0.3, 0.4) is 0 Å². The van der Waals surface area contributed by atoms with Gasteiger partial charge in [0.25, 0.3) is 15.9 Å². The molecule has 0 aromatic heterocycles. The lowest BCUT2D eigenvalue weighted by molar-refractivity contribution is -0.123. The molecule has 0 radical (unpaired) electrons. The van der Waals surface area contributed by atoms with Gasteiger partial charge in [-0.25, -0.2) is 8.42 Å². The monoisotopic (exact) mass is 348 g/mol. The van der Waals surface area contributed by atoms with Gasteiger partial charge < -0.3 is 4.74 Å². The summed E-state index contributed by atoms with van der Waals surface area (Å²) in [6, 6.07) is 12.0. The van der Waals surface area contributed by atoms with Crippen molar-refractivity contribution >= 4 is 15.9 Å². The number of hydrogen-bond acceptors (Lipinski definition) is 4. The summed E-state index contributed by atoms with van der Waals surface area (Å²) in [4.78, 5) is 13.9. The van der Waals surface area contributed by atoms with Gasteiger partial charge >= 0.3 is 0 Å². The molecule has 6 nitrogen and oxygen atoms in total. The number of nitrogens with one attached hydrogen (secondary N) is 2. The van der Waals surface area contributed by atoms with Crippen LogP contribution in [0.15, 0.2) is 47.4 Å². The summed E-state index contributed by atoms with van der Waals surface area (Å²) >= 11 is 0. The predicted molar refractivity (Wildman–Crippen MR) is 91.1 cm³/mol. The minimum atomic E-state index is -3.82. The van der Waals surface area contributed by atoms with Crippen molar-refractivity contribution in [3.63, 3.8) is 0 Å². The molecule has 0 aliphatic heterocycles. The third kappa shape index (κ3) is 4.81. The third-order valence-electron chi connectivity index (χ3n) is 3.47. The molecule has 0 bridgehead atoms. The van der Waals surface area contributed by atoms with Gasteiger partial charge in [0.05, 0.1) is 4.90 Å². The van der Waals surface area contributed by atoms with Crippen molar-refractivity contribution < 1.29 is 17.9 Å². The first-order chi connectivity index (χ1) is 11.3. The molecule has 1 amide bonds. The van der Waals surface area contributed by atoms with E-state index in [2.05, 4.69) is 10.3 Å². The number of ether oxygens (including phenoxy) is 1. The first-order valence-electron chi connectivity index (χ1n) is 7.35. The van der Waals surface area contributed by atoms with Gasteiger partial charge in [-0.15, -0.1) is 4.83 Å². The van der Waals surface area contributed by atoms with Crippen molar-refractivity contribution in [3.8, 4) is 5.75 Å². The maximum absolute atomic E-state index is 12.2. The van der Waals surface area contributed by atoms with Gasteiger partial charge in [-0.2, -0.15) is 0 Å². The number of carbonyl (C=O) groups excluding carboxylic acids is 1. The summed E-state index contributed by atoms with van der Waals surface area (Å²) in [6.07, 6.45) is 0. The molecule has 0 saturated carbocycles. The highest BCUT2D eigenvalue weighted by molar-refractivity contribution is 7.89. The van der Waals surface area contributed by atoms with E-state index in [9.17, 15) is 13.2 Å². The zero-order valence-corrected chi connectivity index (χ0v) is 14.6. The lowest BCUT2D eigenvalue weighted by Gasteiger charge is -2.11. The standard InChI is InChI=1S/C17H20N2O4S/c1-12-5-4-6-15(9-12)23-11-17(20)18-19-24(21,22)16-8-7-13(2)14(3)10-16/h4-10,19H,11H2,1-3H3,(H,18,20). The van der Waals surface area contributed by atoms with Crippen LogP contribution in [-0.4, -0.2) is 20.9 Å². The van der Waals surface area contributed by atoms with Crippen LogP contribution in [-0.2, 0) is 14.8 Å². The minimum absolute atomic E-state index is 0.0884. The van der Waals surface area contributed by atoms with Crippen LogP contribution in [0.5, 0.6) is 5.75 Å². The zero-order chi connectivity index (χ0) is 17.7. The van der Waals surface area contributed by atoms with E-state index < -0.39 is 15.9 Å². The maximum Gasteiger partial charge on any atom is 0.272 e. The van der Waals surface area contributed by atoms with E-state index >= 15 is 0 Å². The Morgan fingerprint density at radius 2 is 1.79 bits per heavy atom. The van der Waals surface area contributed by atoms with Gasteiger partial charge in [0.2, 0.25) is 0 Å². The number of hydrazine groups is 1. The second-order valence-electron chi connectivity index (χ2n) is 5.50. The quantitative estimate of drug-likeness (QED) is 0.782. The molecule has 7 heteroatoms. The average Bonchev–Trinajstić information content (AvgIpc) is 2.53. The molecule has 2 aromatic rings. The largest absolute Gasteiger partial charge is 0.484 e. The molecule has 2 N–H and O–H groups in total. The lowest BCUT2D eigenvalue weighted by Crippen LogP contribution is -2.43. The first kappa shape index (κ1) is 18.0. The Hall–Kier alpha value is -2.38. The second-order valence-corrected chi connectivity index (χ2v) is 7.19. The van der Waals surface area contributed by atoms with E-state index in [1.165, 1.54) is 6.07 Å². The molecule has 0 heterocycles. The van der Waals surface area contributed by atoms with Crippen LogP contribution in [0.2, 0.25) is 0 Å². The zero-order valence-electron chi connectivity index (χ0n) is 13.8. The summed E-state index contributed by atoms with van der Waals surface area (Å²) in [5, 5.41) is 0. The highest BCUT2D eigenvalue weighted by Crippen LogP contribution is 2.14. The molecule has 2 rings (SSSR count). The number of sulfonamides is 1. The van der Waals surface area contributed by atoms with Gasteiger partial charge in [-0.05, 0) is 61.7 Å². The first-order valence-corrected chi connectivity index (χ1v) is 8.83. The molecule has 2 aromatic carbocycles. The van der Waals surface area contributed by atoms with Crippen molar-refractivity contribution in [1.29, 1.82) is 0 Å². The van der Waals surface area contributed by atoms with Crippen LogP contribution in [0, 0.1) is 20.8 Å². The van der Waals surface area contributed by atoms with Crippen molar-refractivity contribution in [3.05, 3.63) is 59.2 Å². The van der Waals surface area contributed by atoms with Gasteiger partial charge in [-0.3, -0.25) is 10.2 Å². The fraction of sp³-hybridized carbons (Fsp3) is 0.235. The molecule has 0 fully saturated rings. The summed E-state index contributed by atoms with van der Waals surface area (Å²) in [7, 11) is -3.82. The van der Waals surface area contributed by atoms with E-state index in [0.717, 1.165) is 16.7 Å². The van der Waals surface area contributed by atoms with E-state index in [0.29, 0.717) is 5.75 Å². The molecule has 0 aliphatic rings. The van der Waals surface area contributed by atoms with Gasteiger partial charge in [0.15, 0.2) is 6.61 Å². The van der Waals surface area contributed by atoms with Crippen LogP contribution < -0.4 is 15.0 Å². The number of carbonyl (C=O) groups is 1. The second kappa shape index (κ2) is 7.46. The van der Waals surface area contributed by atoms with E-state index in [4.69, 9.17) is 4.74 Å². The Morgan fingerprint density at radius 1 is 1.04 bits per heavy atom. The van der Waals surface area contributed by atoms with Crippen molar-refractivity contribution in [2.75, 3.05) is 6.61 Å². The predicted octanol–water partition coefficient (Wildman–Crippen LogP) is 2.00. The van der Waals surface area contributed by atoms with Crippen LogP contribution >= 0.6 is 0 Å². The number of aryl methyl sites for hydroxylation is 3. The Kier molecular flexibility index (Phi) is 5.58. The highest BCUT2D eigenvalue weighted by atomic mass is 32.2.